The molecular weight excluding hydrogens is 262 g/mol. The minimum atomic E-state index is -0.465. The van der Waals surface area contributed by atoms with Crippen LogP contribution in [0.2, 0.25) is 0 Å². The SMILES string of the molecule is Cc1cnc(F)c(CN)c1.Cc1cnc(F)c(CN)c1. The van der Waals surface area contributed by atoms with Crippen LogP contribution in [0.15, 0.2) is 24.5 Å². The highest BCUT2D eigenvalue weighted by atomic mass is 19.1. The van der Waals surface area contributed by atoms with E-state index in [4.69, 9.17) is 11.5 Å². The first-order valence-corrected chi connectivity index (χ1v) is 6.10. The molecule has 0 unspecified atom stereocenters. The number of aryl methyl sites for hydroxylation is 2. The van der Waals surface area contributed by atoms with E-state index in [1.807, 2.05) is 13.8 Å². The molecule has 0 aliphatic rings. The summed E-state index contributed by atoms with van der Waals surface area (Å²) in [6.07, 6.45) is 2.96. The highest BCUT2D eigenvalue weighted by Gasteiger charge is 2.00. The van der Waals surface area contributed by atoms with Crippen molar-refractivity contribution in [2.24, 2.45) is 11.5 Å². The van der Waals surface area contributed by atoms with Crippen molar-refractivity contribution in [2.45, 2.75) is 26.9 Å². The summed E-state index contributed by atoms with van der Waals surface area (Å²) >= 11 is 0. The molecule has 2 aromatic rings. The molecule has 0 aliphatic carbocycles. The van der Waals surface area contributed by atoms with Gasteiger partial charge in [0.05, 0.1) is 0 Å². The number of pyridine rings is 2. The van der Waals surface area contributed by atoms with E-state index < -0.39 is 11.9 Å². The lowest BCUT2D eigenvalue weighted by Gasteiger charge is -1.97. The van der Waals surface area contributed by atoms with E-state index in [1.54, 1.807) is 12.1 Å². The zero-order chi connectivity index (χ0) is 15.1. The number of nitrogens with zero attached hydrogens (tertiary/aromatic N) is 2. The van der Waals surface area contributed by atoms with Crippen LogP contribution in [0.25, 0.3) is 0 Å². The van der Waals surface area contributed by atoms with E-state index in [2.05, 4.69) is 9.97 Å². The summed E-state index contributed by atoms with van der Waals surface area (Å²) in [5, 5.41) is 0. The van der Waals surface area contributed by atoms with Gasteiger partial charge < -0.3 is 11.5 Å². The van der Waals surface area contributed by atoms with Crippen LogP contribution in [-0.2, 0) is 13.1 Å². The largest absolute Gasteiger partial charge is 0.326 e. The van der Waals surface area contributed by atoms with Crippen molar-refractivity contribution in [2.75, 3.05) is 0 Å². The Labute approximate surface area is 116 Å². The molecule has 2 heterocycles. The molecule has 2 aromatic heterocycles. The van der Waals surface area contributed by atoms with Crippen molar-refractivity contribution in [1.29, 1.82) is 0 Å². The van der Waals surface area contributed by atoms with Gasteiger partial charge in [0.1, 0.15) is 0 Å². The summed E-state index contributed by atoms with van der Waals surface area (Å²) in [6, 6.07) is 3.39. The number of nitrogens with two attached hydrogens (primary N) is 2. The van der Waals surface area contributed by atoms with Crippen LogP contribution in [0.5, 0.6) is 0 Å². The van der Waals surface area contributed by atoms with E-state index in [1.165, 1.54) is 12.4 Å². The third kappa shape index (κ3) is 4.64. The van der Waals surface area contributed by atoms with Gasteiger partial charge in [-0.25, -0.2) is 9.97 Å². The van der Waals surface area contributed by atoms with E-state index >= 15 is 0 Å². The zero-order valence-corrected chi connectivity index (χ0v) is 11.5. The van der Waals surface area contributed by atoms with Crippen LogP contribution in [-0.4, -0.2) is 9.97 Å². The molecule has 0 aliphatic heterocycles. The number of aromatic nitrogens is 2. The molecule has 0 amide bonds. The molecule has 2 rings (SSSR count). The second kappa shape index (κ2) is 7.62. The maximum Gasteiger partial charge on any atom is 0.217 e. The van der Waals surface area contributed by atoms with Gasteiger partial charge in [0.25, 0.3) is 0 Å². The summed E-state index contributed by atoms with van der Waals surface area (Å²) < 4.78 is 25.2. The van der Waals surface area contributed by atoms with Crippen molar-refractivity contribution >= 4 is 0 Å². The quantitative estimate of drug-likeness (QED) is 0.824. The molecule has 0 radical (unpaired) electrons. The van der Waals surface area contributed by atoms with Gasteiger partial charge in [0, 0.05) is 36.6 Å². The van der Waals surface area contributed by atoms with Crippen molar-refractivity contribution in [1.82, 2.24) is 9.97 Å². The Morgan fingerprint density at radius 3 is 1.45 bits per heavy atom. The van der Waals surface area contributed by atoms with Crippen LogP contribution < -0.4 is 11.5 Å². The van der Waals surface area contributed by atoms with Crippen LogP contribution in [0.3, 0.4) is 0 Å². The molecular formula is C14H18F2N4. The van der Waals surface area contributed by atoms with Crippen LogP contribution >= 0.6 is 0 Å². The van der Waals surface area contributed by atoms with Gasteiger partial charge >= 0.3 is 0 Å². The summed E-state index contributed by atoms with van der Waals surface area (Å²) in [4.78, 5) is 7.01. The fourth-order valence-electron chi connectivity index (χ4n) is 1.51. The average Bonchev–Trinajstić information content (AvgIpc) is 2.44. The van der Waals surface area contributed by atoms with Gasteiger partial charge in [-0.1, -0.05) is 0 Å². The maximum atomic E-state index is 12.6. The molecule has 0 atom stereocenters. The summed E-state index contributed by atoms with van der Waals surface area (Å²) in [5.74, 6) is -0.929. The normalized spacial score (nSPS) is 9.90. The first-order chi connectivity index (χ1) is 9.47. The summed E-state index contributed by atoms with van der Waals surface area (Å²) in [6.45, 7) is 4.12. The number of hydrogen-bond donors (Lipinski definition) is 2. The first-order valence-electron chi connectivity index (χ1n) is 6.10. The number of rotatable bonds is 2. The minimum absolute atomic E-state index is 0.209. The Hall–Kier alpha value is -1.92. The topological polar surface area (TPSA) is 77.8 Å². The number of hydrogen-bond acceptors (Lipinski definition) is 4. The molecule has 20 heavy (non-hydrogen) atoms. The van der Waals surface area contributed by atoms with Gasteiger partial charge in [-0.2, -0.15) is 8.78 Å². The predicted octanol–water partition coefficient (Wildman–Crippen LogP) is 1.98. The summed E-state index contributed by atoms with van der Waals surface area (Å²) in [7, 11) is 0. The Balaban J connectivity index is 0.000000200. The van der Waals surface area contributed by atoms with E-state index in [0.717, 1.165) is 11.1 Å². The molecule has 4 nitrogen and oxygen atoms in total. The smallest absolute Gasteiger partial charge is 0.217 e. The maximum absolute atomic E-state index is 12.6. The molecule has 0 fully saturated rings. The average molecular weight is 280 g/mol. The van der Waals surface area contributed by atoms with Crippen LogP contribution in [0, 0.1) is 25.7 Å². The van der Waals surface area contributed by atoms with Gasteiger partial charge in [0.2, 0.25) is 11.9 Å². The van der Waals surface area contributed by atoms with Gasteiger partial charge in [0.15, 0.2) is 0 Å². The molecule has 0 saturated carbocycles. The van der Waals surface area contributed by atoms with Gasteiger partial charge in [-0.05, 0) is 37.1 Å². The highest BCUT2D eigenvalue weighted by Crippen LogP contribution is 2.05. The molecule has 0 aromatic carbocycles. The Bertz CT molecular complexity index is 522. The first kappa shape index (κ1) is 16.1. The van der Waals surface area contributed by atoms with E-state index in [9.17, 15) is 8.78 Å². The van der Waals surface area contributed by atoms with Crippen molar-refractivity contribution < 1.29 is 8.78 Å². The van der Waals surface area contributed by atoms with Crippen molar-refractivity contribution in [3.8, 4) is 0 Å². The summed E-state index contributed by atoms with van der Waals surface area (Å²) in [5.41, 5.74) is 13.3. The van der Waals surface area contributed by atoms with E-state index in [-0.39, 0.29) is 13.1 Å². The lowest BCUT2D eigenvalue weighted by Crippen LogP contribution is -2.01. The predicted molar refractivity (Wildman–Crippen MR) is 73.6 cm³/mol. The third-order valence-corrected chi connectivity index (χ3v) is 2.54. The lowest BCUT2D eigenvalue weighted by molar-refractivity contribution is 0.566. The second-order valence-corrected chi connectivity index (χ2v) is 4.33. The van der Waals surface area contributed by atoms with Crippen LogP contribution in [0.1, 0.15) is 22.3 Å². The van der Waals surface area contributed by atoms with Crippen LogP contribution in [0.4, 0.5) is 8.78 Å². The Morgan fingerprint density at radius 1 is 0.850 bits per heavy atom. The second-order valence-electron chi connectivity index (χ2n) is 4.33. The molecule has 6 heteroatoms. The molecule has 4 N–H and O–H groups in total. The molecule has 108 valence electrons. The molecule has 0 bridgehead atoms. The Kier molecular flexibility index (Phi) is 6.14. The zero-order valence-electron chi connectivity index (χ0n) is 11.5. The fourth-order valence-corrected chi connectivity index (χ4v) is 1.51. The minimum Gasteiger partial charge on any atom is -0.326 e. The monoisotopic (exact) mass is 280 g/mol. The molecule has 0 spiro atoms. The fraction of sp³-hybridized carbons (Fsp3) is 0.286. The van der Waals surface area contributed by atoms with Gasteiger partial charge in [-0.15, -0.1) is 0 Å². The standard InChI is InChI=1S/2C7H9FN2/c2*1-5-2-6(3-9)7(8)10-4-5/h2*2,4H,3,9H2,1H3. The highest BCUT2D eigenvalue weighted by molar-refractivity contribution is 5.18. The van der Waals surface area contributed by atoms with Gasteiger partial charge in [-0.3, -0.25) is 0 Å². The Morgan fingerprint density at radius 2 is 1.20 bits per heavy atom. The third-order valence-electron chi connectivity index (χ3n) is 2.54. The molecule has 0 saturated heterocycles. The van der Waals surface area contributed by atoms with Crippen molar-refractivity contribution in [3.05, 3.63) is 58.7 Å². The van der Waals surface area contributed by atoms with E-state index in [0.29, 0.717) is 11.1 Å². The van der Waals surface area contributed by atoms with Crippen molar-refractivity contribution in [3.63, 3.8) is 0 Å². The lowest BCUT2D eigenvalue weighted by atomic mass is 10.2. The number of halogens is 2.